The highest BCUT2D eigenvalue weighted by atomic mass is 35.5. The summed E-state index contributed by atoms with van der Waals surface area (Å²) in [5.41, 5.74) is 1.37. The van der Waals surface area contributed by atoms with Crippen LogP contribution in [0.15, 0.2) is 18.5 Å². The summed E-state index contributed by atoms with van der Waals surface area (Å²) < 4.78 is 2.29. The van der Waals surface area contributed by atoms with Gasteiger partial charge in [0.25, 0.3) is 0 Å². The van der Waals surface area contributed by atoms with Crippen LogP contribution in [0.4, 0.5) is 0 Å². The normalized spacial score (nSPS) is 9.86. The van der Waals surface area contributed by atoms with Crippen LogP contribution >= 0.6 is 12.4 Å². The summed E-state index contributed by atoms with van der Waals surface area (Å²) in [6, 6.07) is 2.17. The molecule has 0 atom stereocenters. The SMILES string of the molecule is CCCCCCCn1ccc(C)c1.Cl. The fourth-order valence-corrected chi connectivity index (χ4v) is 1.60. The van der Waals surface area contributed by atoms with Gasteiger partial charge < -0.3 is 4.57 Å². The first-order chi connectivity index (χ1) is 6.33. The number of aryl methyl sites for hydroxylation is 2. The van der Waals surface area contributed by atoms with Crippen molar-refractivity contribution in [1.29, 1.82) is 0 Å². The van der Waals surface area contributed by atoms with Gasteiger partial charge in [0, 0.05) is 18.9 Å². The molecule has 0 aliphatic rings. The van der Waals surface area contributed by atoms with Crippen molar-refractivity contribution in [1.82, 2.24) is 4.57 Å². The second-order valence-corrected chi connectivity index (χ2v) is 3.84. The maximum Gasteiger partial charge on any atom is 0.0219 e. The lowest BCUT2D eigenvalue weighted by atomic mass is 10.1. The summed E-state index contributed by atoms with van der Waals surface area (Å²) in [5, 5.41) is 0. The number of unbranched alkanes of at least 4 members (excludes halogenated alkanes) is 4. The molecular weight excluding hydrogens is 194 g/mol. The van der Waals surface area contributed by atoms with Gasteiger partial charge in [0.2, 0.25) is 0 Å². The summed E-state index contributed by atoms with van der Waals surface area (Å²) >= 11 is 0. The van der Waals surface area contributed by atoms with Crippen molar-refractivity contribution in [2.75, 3.05) is 0 Å². The van der Waals surface area contributed by atoms with E-state index in [1.54, 1.807) is 0 Å². The van der Waals surface area contributed by atoms with Crippen LogP contribution in [0.5, 0.6) is 0 Å². The molecule has 1 aromatic rings. The zero-order valence-electron chi connectivity index (χ0n) is 9.33. The molecule has 0 N–H and O–H groups in total. The molecule has 1 nitrogen and oxygen atoms in total. The minimum atomic E-state index is 0. The molecule has 2 heteroatoms. The lowest BCUT2D eigenvalue weighted by Crippen LogP contribution is -1.93. The Morgan fingerprint density at radius 1 is 1.14 bits per heavy atom. The van der Waals surface area contributed by atoms with Gasteiger partial charge in [0.15, 0.2) is 0 Å². The first-order valence-corrected chi connectivity index (χ1v) is 5.45. The van der Waals surface area contributed by atoms with Crippen molar-refractivity contribution in [3.8, 4) is 0 Å². The number of aromatic nitrogens is 1. The number of nitrogens with zero attached hydrogens (tertiary/aromatic N) is 1. The maximum absolute atomic E-state index is 2.29. The highest BCUT2D eigenvalue weighted by molar-refractivity contribution is 5.85. The molecule has 0 aromatic carbocycles. The van der Waals surface area contributed by atoms with Crippen LogP contribution in [-0.4, -0.2) is 4.57 Å². The summed E-state index contributed by atoms with van der Waals surface area (Å²) in [5.74, 6) is 0. The van der Waals surface area contributed by atoms with E-state index in [1.165, 1.54) is 44.2 Å². The van der Waals surface area contributed by atoms with Crippen molar-refractivity contribution in [2.45, 2.75) is 52.5 Å². The Hall–Kier alpha value is -0.430. The van der Waals surface area contributed by atoms with Crippen molar-refractivity contribution in [2.24, 2.45) is 0 Å². The van der Waals surface area contributed by atoms with E-state index in [4.69, 9.17) is 0 Å². The Kier molecular flexibility index (Phi) is 7.68. The smallest absolute Gasteiger partial charge is 0.0219 e. The zero-order valence-corrected chi connectivity index (χ0v) is 10.1. The number of hydrogen-bond acceptors (Lipinski definition) is 0. The Bertz CT molecular complexity index is 230. The molecule has 0 fully saturated rings. The first kappa shape index (κ1) is 13.6. The van der Waals surface area contributed by atoms with E-state index in [-0.39, 0.29) is 12.4 Å². The molecule has 0 aliphatic carbocycles. The molecule has 0 saturated heterocycles. The number of halogens is 1. The van der Waals surface area contributed by atoms with Crippen molar-refractivity contribution in [3.63, 3.8) is 0 Å². The molecule has 0 aliphatic heterocycles. The van der Waals surface area contributed by atoms with Gasteiger partial charge in [-0.1, -0.05) is 32.6 Å². The number of rotatable bonds is 6. The molecule has 1 aromatic heterocycles. The average molecular weight is 216 g/mol. The van der Waals surface area contributed by atoms with E-state index in [0.29, 0.717) is 0 Å². The molecule has 0 bridgehead atoms. The highest BCUT2D eigenvalue weighted by Gasteiger charge is 1.92. The van der Waals surface area contributed by atoms with Crippen LogP contribution < -0.4 is 0 Å². The monoisotopic (exact) mass is 215 g/mol. The van der Waals surface area contributed by atoms with E-state index in [2.05, 4.69) is 36.9 Å². The predicted molar refractivity (Wildman–Crippen MR) is 65.2 cm³/mol. The van der Waals surface area contributed by atoms with Gasteiger partial charge in [0.05, 0.1) is 0 Å². The molecule has 82 valence electrons. The third-order valence-electron chi connectivity index (χ3n) is 2.42. The minimum Gasteiger partial charge on any atom is -0.354 e. The van der Waals surface area contributed by atoms with E-state index in [1.807, 2.05) is 0 Å². The van der Waals surface area contributed by atoms with Gasteiger partial charge in [-0.05, 0) is 25.0 Å². The van der Waals surface area contributed by atoms with Crippen molar-refractivity contribution in [3.05, 3.63) is 24.0 Å². The summed E-state index contributed by atoms with van der Waals surface area (Å²) in [6.07, 6.45) is 11.2. The van der Waals surface area contributed by atoms with Crippen molar-refractivity contribution >= 4 is 12.4 Å². The first-order valence-electron chi connectivity index (χ1n) is 5.45. The Labute approximate surface area is 93.9 Å². The highest BCUT2D eigenvalue weighted by Crippen LogP contribution is 2.05. The van der Waals surface area contributed by atoms with Gasteiger partial charge in [-0.25, -0.2) is 0 Å². The second kappa shape index (κ2) is 7.93. The summed E-state index contributed by atoms with van der Waals surface area (Å²) in [6.45, 7) is 5.60. The Morgan fingerprint density at radius 3 is 2.43 bits per heavy atom. The van der Waals surface area contributed by atoms with Gasteiger partial charge in [-0.3, -0.25) is 0 Å². The molecule has 1 heterocycles. The van der Waals surface area contributed by atoms with E-state index < -0.39 is 0 Å². The average Bonchev–Trinajstić information content (AvgIpc) is 2.51. The standard InChI is InChI=1S/C12H21N.ClH/c1-3-4-5-6-7-9-13-10-8-12(2)11-13;/h8,10-11H,3-7,9H2,1-2H3;1H. The van der Waals surface area contributed by atoms with Gasteiger partial charge >= 0.3 is 0 Å². The van der Waals surface area contributed by atoms with E-state index in [0.717, 1.165) is 0 Å². The zero-order chi connectivity index (χ0) is 9.52. The summed E-state index contributed by atoms with van der Waals surface area (Å²) in [7, 11) is 0. The van der Waals surface area contributed by atoms with Gasteiger partial charge in [-0.15, -0.1) is 12.4 Å². The van der Waals surface area contributed by atoms with E-state index >= 15 is 0 Å². The third kappa shape index (κ3) is 5.33. The Balaban J connectivity index is 0.00000169. The molecule has 0 amide bonds. The molecule has 0 saturated carbocycles. The van der Waals surface area contributed by atoms with Crippen LogP contribution in [0.25, 0.3) is 0 Å². The van der Waals surface area contributed by atoms with Crippen LogP contribution in [0.3, 0.4) is 0 Å². The van der Waals surface area contributed by atoms with Crippen LogP contribution in [0, 0.1) is 6.92 Å². The number of hydrogen-bond donors (Lipinski definition) is 0. The van der Waals surface area contributed by atoms with E-state index in [9.17, 15) is 0 Å². The minimum absolute atomic E-state index is 0. The molecule has 1 rings (SSSR count). The topological polar surface area (TPSA) is 4.93 Å². The lowest BCUT2D eigenvalue weighted by Gasteiger charge is -2.01. The quantitative estimate of drug-likeness (QED) is 0.628. The van der Waals surface area contributed by atoms with Crippen LogP contribution in [0.2, 0.25) is 0 Å². The van der Waals surface area contributed by atoms with Gasteiger partial charge in [-0.2, -0.15) is 0 Å². The molecule has 0 spiro atoms. The Morgan fingerprint density at radius 2 is 1.86 bits per heavy atom. The second-order valence-electron chi connectivity index (χ2n) is 3.84. The molecule has 0 unspecified atom stereocenters. The van der Waals surface area contributed by atoms with Gasteiger partial charge in [0.1, 0.15) is 0 Å². The van der Waals surface area contributed by atoms with Crippen LogP contribution in [-0.2, 0) is 6.54 Å². The largest absolute Gasteiger partial charge is 0.354 e. The predicted octanol–water partition coefficient (Wildman–Crippen LogP) is 4.19. The molecule has 14 heavy (non-hydrogen) atoms. The molecule has 0 radical (unpaired) electrons. The fraction of sp³-hybridized carbons (Fsp3) is 0.667. The maximum atomic E-state index is 2.29. The fourth-order valence-electron chi connectivity index (χ4n) is 1.60. The summed E-state index contributed by atoms with van der Waals surface area (Å²) in [4.78, 5) is 0. The lowest BCUT2D eigenvalue weighted by molar-refractivity contribution is 0.569. The third-order valence-corrected chi connectivity index (χ3v) is 2.42. The molecular formula is C12H22ClN. The van der Waals surface area contributed by atoms with Crippen molar-refractivity contribution < 1.29 is 0 Å². The van der Waals surface area contributed by atoms with Crippen LogP contribution in [0.1, 0.15) is 44.6 Å².